The molecular weight excluding hydrogens is 329 g/mol. The van der Waals surface area contributed by atoms with Crippen molar-refractivity contribution in [1.82, 2.24) is 10.1 Å². The highest BCUT2D eigenvalue weighted by Crippen LogP contribution is 2.31. The number of nitrogens with zero attached hydrogens (tertiary/aromatic N) is 2. The number of carbonyl (C=O) groups is 2. The fourth-order valence-corrected chi connectivity index (χ4v) is 2.99. The molecule has 7 nitrogen and oxygen atoms in total. The molecule has 132 valence electrons. The van der Waals surface area contributed by atoms with Crippen LogP contribution in [0.3, 0.4) is 0 Å². The molecule has 1 saturated heterocycles. The molecule has 0 spiro atoms. The fourth-order valence-electron chi connectivity index (χ4n) is 2.99. The zero-order valence-electron chi connectivity index (χ0n) is 13.7. The van der Waals surface area contributed by atoms with Crippen LogP contribution < -0.4 is 5.73 Å². The van der Waals surface area contributed by atoms with Crippen LogP contribution in [-0.4, -0.2) is 42.1 Å². The number of hydrogen-bond acceptors (Lipinski definition) is 6. The lowest BCUT2D eigenvalue weighted by Crippen LogP contribution is -2.40. The van der Waals surface area contributed by atoms with Crippen LogP contribution in [-0.2, 0) is 9.53 Å². The van der Waals surface area contributed by atoms with Gasteiger partial charge in [-0.25, -0.2) is 4.39 Å². The van der Waals surface area contributed by atoms with Gasteiger partial charge in [0.25, 0.3) is 5.91 Å². The maximum Gasteiger partial charge on any atom is 0.308 e. The highest BCUT2D eigenvalue weighted by atomic mass is 19.1. The summed E-state index contributed by atoms with van der Waals surface area (Å²) in [6.07, 6.45) is 0.997. The van der Waals surface area contributed by atoms with E-state index in [-0.39, 0.29) is 40.5 Å². The number of rotatable bonds is 3. The highest BCUT2D eigenvalue weighted by molar-refractivity contribution is 6.03. The van der Waals surface area contributed by atoms with E-state index in [0.29, 0.717) is 25.9 Å². The molecule has 0 saturated carbocycles. The van der Waals surface area contributed by atoms with Crippen molar-refractivity contribution in [3.8, 4) is 11.3 Å². The Labute approximate surface area is 143 Å². The Kier molecular flexibility index (Phi) is 4.69. The number of piperidine rings is 1. The fraction of sp³-hybridized carbons (Fsp3) is 0.353. The van der Waals surface area contributed by atoms with E-state index in [1.807, 2.05) is 0 Å². The van der Waals surface area contributed by atoms with Gasteiger partial charge in [0.15, 0.2) is 0 Å². The number of likely N-dealkylation sites (tertiary alicyclic amines) is 1. The highest BCUT2D eigenvalue weighted by Gasteiger charge is 2.32. The summed E-state index contributed by atoms with van der Waals surface area (Å²) in [6.45, 7) is 0.750. The van der Waals surface area contributed by atoms with Crippen molar-refractivity contribution in [2.75, 3.05) is 25.9 Å². The van der Waals surface area contributed by atoms with Crippen molar-refractivity contribution in [3.05, 3.63) is 35.6 Å². The minimum absolute atomic E-state index is 0.0432. The predicted molar refractivity (Wildman–Crippen MR) is 87.0 cm³/mol. The summed E-state index contributed by atoms with van der Waals surface area (Å²) in [5, 5.41) is 3.76. The van der Waals surface area contributed by atoms with Gasteiger partial charge < -0.3 is 19.9 Å². The van der Waals surface area contributed by atoms with Crippen molar-refractivity contribution in [1.29, 1.82) is 0 Å². The summed E-state index contributed by atoms with van der Waals surface area (Å²) >= 11 is 0. The number of carbonyl (C=O) groups excluding carboxylic acids is 2. The van der Waals surface area contributed by atoms with Crippen molar-refractivity contribution in [2.24, 2.45) is 5.92 Å². The average Bonchev–Trinajstić information content (AvgIpc) is 3.02. The van der Waals surface area contributed by atoms with Gasteiger partial charge >= 0.3 is 5.97 Å². The molecule has 1 aromatic heterocycles. The van der Waals surface area contributed by atoms with Crippen LogP contribution >= 0.6 is 0 Å². The van der Waals surface area contributed by atoms with Crippen molar-refractivity contribution in [3.63, 3.8) is 0 Å². The molecule has 2 N–H and O–H groups in total. The third-order valence-corrected chi connectivity index (χ3v) is 4.38. The predicted octanol–water partition coefficient (Wildman–Crippen LogP) is 2.09. The Morgan fingerprint density at radius 3 is 2.64 bits per heavy atom. The van der Waals surface area contributed by atoms with Gasteiger partial charge in [0.1, 0.15) is 17.1 Å². The minimum Gasteiger partial charge on any atom is -0.469 e. The van der Waals surface area contributed by atoms with Crippen LogP contribution in [0, 0.1) is 11.7 Å². The molecule has 0 radical (unpaired) electrons. The number of hydrogen-bond donors (Lipinski definition) is 1. The van der Waals surface area contributed by atoms with Gasteiger partial charge in [-0.2, -0.15) is 0 Å². The molecule has 0 unspecified atom stereocenters. The average molecular weight is 347 g/mol. The molecule has 0 aliphatic carbocycles. The molecule has 2 heterocycles. The number of nitrogens with two attached hydrogens (primary N) is 1. The molecule has 1 amide bonds. The third-order valence-electron chi connectivity index (χ3n) is 4.38. The summed E-state index contributed by atoms with van der Waals surface area (Å²) in [6, 6.07) is 5.96. The monoisotopic (exact) mass is 347 g/mol. The molecule has 25 heavy (non-hydrogen) atoms. The first-order valence-corrected chi connectivity index (χ1v) is 7.90. The van der Waals surface area contributed by atoms with Crippen LogP contribution in [0.4, 0.5) is 10.3 Å². The van der Waals surface area contributed by atoms with Gasteiger partial charge in [-0.05, 0) is 25.0 Å². The lowest BCUT2D eigenvalue weighted by molar-refractivity contribution is -0.146. The number of ether oxygens (including phenoxy) is 1. The number of anilines is 1. The Hall–Kier alpha value is -2.90. The van der Waals surface area contributed by atoms with E-state index >= 15 is 0 Å². The largest absolute Gasteiger partial charge is 0.469 e. The number of benzene rings is 1. The first kappa shape index (κ1) is 16.9. The Balaban J connectivity index is 1.84. The molecule has 8 heteroatoms. The minimum atomic E-state index is -0.519. The van der Waals surface area contributed by atoms with Crippen LogP contribution in [0.5, 0.6) is 0 Å². The first-order valence-electron chi connectivity index (χ1n) is 7.90. The van der Waals surface area contributed by atoms with Gasteiger partial charge in [0, 0.05) is 18.7 Å². The van der Waals surface area contributed by atoms with Gasteiger partial charge in [-0.15, -0.1) is 0 Å². The zero-order valence-corrected chi connectivity index (χ0v) is 13.7. The molecule has 3 rings (SSSR count). The van der Waals surface area contributed by atoms with Crippen LogP contribution in [0.15, 0.2) is 28.8 Å². The third kappa shape index (κ3) is 3.19. The summed E-state index contributed by atoms with van der Waals surface area (Å²) in [5.41, 5.74) is 6.03. The second-order valence-corrected chi connectivity index (χ2v) is 5.84. The van der Waals surface area contributed by atoms with E-state index in [2.05, 4.69) is 5.16 Å². The smallest absolute Gasteiger partial charge is 0.308 e. The van der Waals surface area contributed by atoms with E-state index in [1.165, 1.54) is 19.2 Å². The van der Waals surface area contributed by atoms with E-state index < -0.39 is 5.82 Å². The van der Waals surface area contributed by atoms with Crippen molar-refractivity contribution in [2.45, 2.75) is 12.8 Å². The molecule has 2 aromatic rings. The summed E-state index contributed by atoms with van der Waals surface area (Å²) < 4.78 is 23.7. The number of halogens is 1. The van der Waals surface area contributed by atoms with Gasteiger partial charge in [0.2, 0.25) is 5.88 Å². The molecular formula is C17H18FN3O4. The van der Waals surface area contributed by atoms with Crippen molar-refractivity contribution < 1.29 is 23.2 Å². The molecule has 1 fully saturated rings. The van der Waals surface area contributed by atoms with Gasteiger partial charge in [-0.3, -0.25) is 9.59 Å². The normalized spacial score (nSPS) is 15.2. The van der Waals surface area contributed by atoms with E-state index in [1.54, 1.807) is 17.0 Å². The van der Waals surface area contributed by atoms with Crippen LogP contribution in [0.2, 0.25) is 0 Å². The first-order chi connectivity index (χ1) is 12.0. The lowest BCUT2D eigenvalue weighted by Gasteiger charge is -2.30. The number of aromatic nitrogens is 1. The summed E-state index contributed by atoms with van der Waals surface area (Å²) in [5.74, 6) is -1.56. The van der Waals surface area contributed by atoms with Crippen LogP contribution in [0.1, 0.15) is 23.2 Å². The maximum absolute atomic E-state index is 14.1. The van der Waals surface area contributed by atoms with Gasteiger partial charge in [0.05, 0.1) is 13.0 Å². The Morgan fingerprint density at radius 2 is 2.00 bits per heavy atom. The number of methoxy groups -OCH3 is 1. The van der Waals surface area contributed by atoms with Gasteiger partial charge in [-0.1, -0.05) is 17.3 Å². The number of amides is 1. The summed E-state index contributed by atoms with van der Waals surface area (Å²) in [7, 11) is 1.35. The second-order valence-electron chi connectivity index (χ2n) is 5.84. The Morgan fingerprint density at radius 1 is 1.32 bits per heavy atom. The van der Waals surface area contributed by atoms with E-state index in [0.717, 1.165) is 0 Å². The zero-order chi connectivity index (χ0) is 18.0. The lowest BCUT2D eigenvalue weighted by atomic mass is 9.96. The summed E-state index contributed by atoms with van der Waals surface area (Å²) in [4.78, 5) is 26.0. The van der Waals surface area contributed by atoms with Crippen LogP contribution in [0.25, 0.3) is 11.3 Å². The second kappa shape index (κ2) is 6.92. The SMILES string of the molecule is COC(=O)C1CCN(C(=O)c2c(-c3ccccc3F)noc2N)CC1. The molecule has 0 atom stereocenters. The maximum atomic E-state index is 14.1. The molecule has 1 aliphatic heterocycles. The quantitative estimate of drug-likeness (QED) is 0.854. The molecule has 1 aromatic carbocycles. The number of nitrogen functional groups attached to an aromatic ring is 1. The standard InChI is InChI=1S/C17H18FN3O4/c1-24-17(23)10-6-8-21(9-7-10)16(22)13-14(20-25-15(13)19)11-4-2-3-5-12(11)18/h2-5,10H,6-9,19H2,1H3. The molecule has 1 aliphatic rings. The number of esters is 1. The van der Waals surface area contributed by atoms with E-state index in [9.17, 15) is 14.0 Å². The Bertz CT molecular complexity index is 797. The topological polar surface area (TPSA) is 98.7 Å². The van der Waals surface area contributed by atoms with E-state index in [4.69, 9.17) is 15.0 Å². The van der Waals surface area contributed by atoms with Crippen molar-refractivity contribution >= 4 is 17.8 Å². The molecule has 0 bridgehead atoms.